The molecule has 0 unspecified atom stereocenters. The molecule has 1 aliphatic heterocycles. The Morgan fingerprint density at radius 3 is 2.23 bits per heavy atom. The third kappa shape index (κ3) is 5.20. The molecule has 138 valence electrons. The average molecular weight is 389 g/mol. The highest BCUT2D eigenvalue weighted by Crippen LogP contribution is 2.17. The summed E-state index contributed by atoms with van der Waals surface area (Å²) in [5.74, 6) is 0. The maximum absolute atomic E-state index is 12.5. The second kappa shape index (κ2) is 8.86. The zero-order valence-electron chi connectivity index (χ0n) is 14.9. The van der Waals surface area contributed by atoms with Crippen LogP contribution in [-0.2, 0) is 16.6 Å². The first-order valence-electron chi connectivity index (χ1n) is 8.65. The first-order valence-corrected chi connectivity index (χ1v) is 11.4. The van der Waals surface area contributed by atoms with Crippen LogP contribution in [-0.4, -0.2) is 50.1 Å². The molecule has 0 bridgehead atoms. The van der Waals surface area contributed by atoms with Crippen LogP contribution in [0.2, 0.25) is 0 Å². The molecule has 0 aromatic heterocycles. The van der Waals surface area contributed by atoms with Crippen molar-refractivity contribution in [1.29, 1.82) is 0 Å². The summed E-state index contributed by atoms with van der Waals surface area (Å²) in [6.45, 7) is 3.43. The first-order chi connectivity index (χ1) is 12.6. The molecule has 0 N–H and O–H groups in total. The Morgan fingerprint density at radius 2 is 1.62 bits per heavy atom. The van der Waals surface area contributed by atoms with Crippen molar-refractivity contribution in [2.45, 2.75) is 11.4 Å². The van der Waals surface area contributed by atoms with Crippen LogP contribution < -0.4 is 0 Å². The van der Waals surface area contributed by atoms with Crippen molar-refractivity contribution in [3.63, 3.8) is 0 Å². The minimum absolute atomic E-state index is 0.532. The van der Waals surface area contributed by atoms with Gasteiger partial charge in [0.05, 0.1) is 0 Å². The maximum atomic E-state index is 12.5. The summed E-state index contributed by atoms with van der Waals surface area (Å²) in [5, 5.41) is 1.32. The lowest BCUT2D eigenvalue weighted by Gasteiger charge is -2.33. The van der Waals surface area contributed by atoms with Crippen molar-refractivity contribution in [3.05, 3.63) is 71.1 Å². The molecular weight excluding hydrogens is 364 g/mol. The van der Waals surface area contributed by atoms with Gasteiger partial charge in [-0.1, -0.05) is 42.5 Å². The van der Waals surface area contributed by atoms with Crippen molar-refractivity contribution in [2.24, 2.45) is 0 Å². The van der Waals surface area contributed by atoms with E-state index in [0.29, 0.717) is 13.1 Å². The number of hydrogen-bond donors (Lipinski definition) is 0. The van der Waals surface area contributed by atoms with Crippen LogP contribution in [0.3, 0.4) is 0 Å². The Kier molecular flexibility index (Phi) is 6.53. The number of sulfonamides is 1. The first kappa shape index (κ1) is 19.2. The van der Waals surface area contributed by atoms with Crippen molar-refractivity contribution < 1.29 is 8.42 Å². The summed E-state index contributed by atoms with van der Waals surface area (Å²) in [4.78, 5) is 3.57. The standard InChI is InChI=1S/C20H24N2O2S2/c1-25-20-9-7-19(8-10-20)17-21-12-14-22(15-13-21)26(23,24)16-11-18-5-3-2-4-6-18/h2-11,16H,12-15,17H2,1H3/b16-11+. The highest BCUT2D eigenvalue weighted by molar-refractivity contribution is 7.98. The second-order valence-corrected chi connectivity index (χ2v) is 8.98. The number of thioether (sulfide) groups is 1. The summed E-state index contributed by atoms with van der Waals surface area (Å²) in [7, 11) is -3.36. The summed E-state index contributed by atoms with van der Waals surface area (Å²) in [5.41, 5.74) is 2.16. The molecular formula is C20H24N2O2S2. The van der Waals surface area contributed by atoms with Gasteiger partial charge in [-0.25, -0.2) is 8.42 Å². The fraction of sp³-hybridized carbons (Fsp3) is 0.300. The Balaban J connectivity index is 1.54. The lowest BCUT2D eigenvalue weighted by molar-refractivity contribution is 0.182. The van der Waals surface area contributed by atoms with Gasteiger partial charge in [-0.2, -0.15) is 4.31 Å². The molecule has 3 rings (SSSR count). The molecule has 0 radical (unpaired) electrons. The van der Waals surface area contributed by atoms with Gasteiger partial charge in [0.25, 0.3) is 0 Å². The highest BCUT2D eigenvalue weighted by Gasteiger charge is 2.24. The zero-order chi connectivity index (χ0) is 18.4. The van der Waals surface area contributed by atoms with Crippen LogP contribution in [0, 0.1) is 0 Å². The van der Waals surface area contributed by atoms with Gasteiger partial charge in [-0.15, -0.1) is 11.8 Å². The predicted octanol–water partition coefficient (Wildman–Crippen LogP) is 3.53. The van der Waals surface area contributed by atoms with Gasteiger partial charge < -0.3 is 0 Å². The molecule has 0 aliphatic carbocycles. The molecule has 0 amide bonds. The van der Waals surface area contributed by atoms with Crippen LogP contribution in [0.15, 0.2) is 64.9 Å². The van der Waals surface area contributed by atoms with Crippen molar-refractivity contribution in [3.8, 4) is 0 Å². The smallest absolute Gasteiger partial charge is 0.236 e. The molecule has 4 nitrogen and oxygen atoms in total. The largest absolute Gasteiger partial charge is 0.296 e. The molecule has 1 aliphatic rings. The van der Waals surface area contributed by atoms with Gasteiger partial charge >= 0.3 is 0 Å². The summed E-state index contributed by atoms with van der Waals surface area (Å²) >= 11 is 1.74. The van der Waals surface area contributed by atoms with Gasteiger partial charge in [0, 0.05) is 43.0 Å². The van der Waals surface area contributed by atoms with E-state index in [1.807, 2.05) is 30.3 Å². The quantitative estimate of drug-likeness (QED) is 0.710. The number of nitrogens with zero attached hydrogens (tertiary/aromatic N) is 2. The zero-order valence-corrected chi connectivity index (χ0v) is 16.5. The molecule has 1 heterocycles. The molecule has 26 heavy (non-hydrogen) atoms. The SMILES string of the molecule is CSc1ccc(CN2CCN(S(=O)(=O)/C=C/c3ccccc3)CC2)cc1. The summed E-state index contributed by atoms with van der Waals surface area (Å²) in [6.07, 6.45) is 3.73. The van der Waals surface area contributed by atoms with E-state index in [2.05, 4.69) is 35.4 Å². The van der Waals surface area contributed by atoms with E-state index < -0.39 is 10.0 Å². The average Bonchev–Trinajstić information content (AvgIpc) is 2.68. The molecule has 1 saturated heterocycles. The lowest BCUT2D eigenvalue weighted by atomic mass is 10.2. The number of rotatable bonds is 6. The number of piperazine rings is 1. The number of hydrogen-bond acceptors (Lipinski definition) is 4. The highest BCUT2D eigenvalue weighted by atomic mass is 32.2. The van der Waals surface area contributed by atoms with Crippen LogP contribution in [0.5, 0.6) is 0 Å². The number of benzene rings is 2. The Hall–Kier alpha value is -1.60. The van der Waals surface area contributed by atoms with E-state index in [-0.39, 0.29) is 0 Å². The van der Waals surface area contributed by atoms with E-state index >= 15 is 0 Å². The molecule has 2 aromatic rings. The Labute approximate surface area is 160 Å². The Morgan fingerprint density at radius 1 is 0.962 bits per heavy atom. The molecule has 0 atom stereocenters. The molecule has 1 fully saturated rings. The fourth-order valence-electron chi connectivity index (χ4n) is 2.95. The van der Waals surface area contributed by atoms with Crippen LogP contribution in [0.1, 0.15) is 11.1 Å². The van der Waals surface area contributed by atoms with Crippen LogP contribution in [0.25, 0.3) is 6.08 Å². The maximum Gasteiger partial charge on any atom is 0.236 e. The van der Waals surface area contributed by atoms with Gasteiger partial charge in [0.1, 0.15) is 0 Å². The Bertz CT molecular complexity index is 826. The molecule has 0 saturated carbocycles. The van der Waals surface area contributed by atoms with Gasteiger partial charge in [-0.3, -0.25) is 4.90 Å². The minimum atomic E-state index is -3.36. The monoisotopic (exact) mass is 388 g/mol. The molecule has 0 spiro atoms. The molecule has 2 aromatic carbocycles. The van der Waals surface area contributed by atoms with Gasteiger partial charge in [0.2, 0.25) is 10.0 Å². The van der Waals surface area contributed by atoms with Gasteiger partial charge in [-0.05, 0) is 35.6 Å². The third-order valence-corrected chi connectivity index (χ3v) is 6.80. The van der Waals surface area contributed by atoms with Crippen molar-refractivity contribution in [1.82, 2.24) is 9.21 Å². The predicted molar refractivity (Wildman–Crippen MR) is 109 cm³/mol. The van der Waals surface area contributed by atoms with Gasteiger partial charge in [0.15, 0.2) is 0 Å². The van der Waals surface area contributed by atoms with E-state index in [0.717, 1.165) is 25.2 Å². The third-order valence-electron chi connectivity index (χ3n) is 4.49. The van der Waals surface area contributed by atoms with E-state index in [4.69, 9.17) is 0 Å². The fourth-order valence-corrected chi connectivity index (χ4v) is 4.53. The minimum Gasteiger partial charge on any atom is -0.296 e. The topological polar surface area (TPSA) is 40.6 Å². The summed E-state index contributed by atoms with van der Waals surface area (Å²) < 4.78 is 26.6. The van der Waals surface area contributed by atoms with E-state index in [9.17, 15) is 8.42 Å². The molecule has 6 heteroatoms. The van der Waals surface area contributed by atoms with E-state index in [1.54, 1.807) is 22.1 Å². The van der Waals surface area contributed by atoms with Crippen LogP contribution in [0.4, 0.5) is 0 Å². The van der Waals surface area contributed by atoms with Crippen molar-refractivity contribution in [2.75, 3.05) is 32.4 Å². The lowest BCUT2D eigenvalue weighted by Crippen LogP contribution is -2.47. The van der Waals surface area contributed by atoms with Crippen LogP contribution >= 0.6 is 11.8 Å². The normalized spacial score (nSPS) is 17.0. The van der Waals surface area contributed by atoms with Crippen molar-refractivity contribution >= 4 is 27.9 Å². The van der Waals surface area contributed by atoms with E-state index in [1.165, 1.54) is 15.9 Å². The summed E-state index contributed by atoms with van der Waals surface area (Å²) in [6, 6.07) is 18.1. The second-order valence-electron chi connectivity index (χ2n) is 6.28.